The number of pyridine rings is 1. The third kappa shape index (κ3) is 4.88. The molecule has 3 atom stereocenters. The molecule has 4 aliphatic rings. The van der Waals surface area contributed by atoms with Gasteiger partial charge in [-0.1, -0.05) is 24.1 Å². The van der Waals surface area contributed by atoms with Crippen LogP contribution < -0.4 is 19.7 Å². The number of phenolic OH excluding ortho intramolecular Hbond substituents is 1. The second-order valence-electron chi connectivity index (χ2n) is 13.4. The van der Waals surface area contributed by atoms with Crippen molar-refractivity contribution >= 4 is 27.5 Å². The summed E-state index contributed by atoms with van der Waals surface area (Å²) >= 11 is 0. The molecule has 0 radical (unpaired) electrons. The molecule has 6 heterocycles. The van der Waals surface area contributed by atoms with E-state index in [1.807, 2.05) is 4.90 Å². The lowest BCUT2D eigenvalue weighted by atomic mass is 9.93. The number of piperazine rings is 1. The van der Waals surface area contributed by atoms with E-state index in [1.54, 1.807) is 4.90 Å². The number of aromatic hydroxyl groups is 1. The maximum absolute atomic E-state index is 17.0. The number of terminal acetylenes is 1. The Hall–Kier alpha value is -4.67. The van der Waals surface area contributed by atoms with Gasteiger partial charge in [0.25, 0.3) is 5.92 Å². The second kappa shape index (κ2) is 10.9. The zero-order valence-corrected chi connectivity index (χ0v) is 26.1. The van der Waals surface area contributed by atoms with Crippen LogP contribution in [0.15, 0.2) is 36.4 Å². The monoisotopic (exact) mass is 660 g/mol. The maximum Gasteiger partial charge on any atom is 0.319 e. The van der Waals surface area contributed by atoms with E-state index in [1.165, 1.54) is 31.4 Å². The van der Waals surface area contributed by atoms with Crippen LogP contribution in [0.3, 0.4) is 0 Å². The Morgan fingerprint density at radius 1 is 1.12 bits per heavy atom. The van der Waals surface area contributed by atoms with E-state index < -0.39 is 36.1 Å². The highest BCUT2D eigenvalue weighted by Gasteiger charge is 2.58. The van der Waals surface area contributed by atoms with Crippen molar-refractivity contribution in [3.8, 4) is 41.2 Å². The Morgan fingerprint density at radius 3 is 2.62 bits per heavy atom. The molecule has 2 aromatic heterocycles. The lowest BCUT2D eigenvalue weighted by Gasteiger charge is -2.34. The third-order valence-corrected chi connectivity index (χ3v) is 10.0. The van der Waals surface area contributed by atoms with Crippen molar-refractivity contribution in [1.29, 1.82) is 0 Å². The summed E-state index contributed by atoms with van der Waals surface area (Å²) in [6.07, 6.45) is 7.55. The van der Waals surface area contributed by atoms with Gasteiger partial charge in [-0.3, -0.25) is 4.90 Å². The number of alkyl halides is 2. The molecule has 13 heteroatoms. The number of aromatic nitrogens is 3. The van der Waals surface area contributed by atoms with Crippen LogP contribution >= 0.6 is 0 Å². The molecule has 0 aliphatic carbocycles. The summed E-state index contributed by atoms with van der Waals surface area (Å²) in [5, 5.41) is 14.9. The number of nitrogens with one attached hydrogen (secondary N) is 1. The van der Waals surface area contributed by atoms with Gasteiger partial charge in [0.2, 0.25) is 5.88 Å². The fraction of sp³-hybridized carbons (Fsp3) is 0.400. The van der Waals surface area contributed by atoms with Gasteiger partial charge in [-0.25, -0.2) is 22.5 Å². The van der Waals surface area contributed by atoms with Gasteiger partial charge in [0.05, 0.1) is 24.8 Å². The largest absolute Gasteiger partial charge is 0.508 e. The highest BCUT2D eigenvalue weighted by atomic mass is 19.3. The van der Waals surface area contributed by atoms with Gasteiger partial charge in [0, 0.05) is 49.1 Å². The first kappa shape index (κ1) is 30.7. The minimum Gasteiger partial charge on any atom is -0.508 e. The molecular formula is C35H32F4N6O3. The van der Waals surface area contributed by atoms with Crippen LogP contribution in [-0.2, 0) is 0 Å². The van der Waals surface area contributed by atoms with Crippen molar-refractivity contribution in [1.82, 2.24) is 25.2 Å². The molecule has 0 spiro atoms. The van der Waals surface area contributed by atoms with Gasteiger partial charge in [-0.2, -0.15) is 9.97 Å². The Kier molecular flexibility index (Phi) is 6.98. The van der Waals surface area contributed by atoms with Crippen molar-refractivity contribution in [3.05, 3.63) is 53.6 Å². The molecular weight excluding hydrogens is 628 g/mol. The highest BCUT2D eigenvalue weighted by Crippen LogP contribution is 2.48. The molecule has 2 aromatic carbocycles. The van der Waals surface area contributed by atoms with Gasteiger partial charge in [0.15, 0.2) is 5.82 Å². The molecule has 8 rings (SSSR count). The Bertz CT molecular complexity index is 2060. The molecule has 0 amide bonds. The Labute approximate surface area is 273 Å². The lowest BCUT2D eigenvalue weighted by molar-refractivity contribution is 0.00927. The number of benzene rings is 2. The number of nitrogens with zero attached hydrogens (tertiary/aromatic N) is 5. The SMILES string of the molecule is C#Cc1c(F)ccc2cc(O)cc(-c3nc(OC)c4c(N5CC6CCC(C5)N6)nc(OCC56CC(=C)CN5CC(F)(F)C6)nc4c3F)c12. The van der Waals surface area contributed by atoms with Crippen LogP contribution in [0, 0.1) is 24.0 Å². The quantitative estimate of drug-likeness (QED) is 0.165. The predicted octanol–water partition coefficient (Wildman–Crippen LogP) is 5.18. The molecule has 2 bridgehead atoms. The van der Waals surface area contributed by atoms with E-state index in [-0.39, 0.29) is 69.4 Å². The number of phenols is 1. The van der Waals surface area contributed by atoms with Gasteiger partial charge in [0.1, 0.15) is 40.6 Å². The fourth-order valence-electron chi connectivity index (χ4n) is 8.12. The second-order valence-corrected chi connectivity index (χ2v) is 13.4. The molecule has 4 aliphatic heterocycles. The summed E-state index contributed by atoms with van der Waals surface area (Å²) in [4.78, 5) is 17.5. The standard InChI is InChI=1S/C35H32F4N6O3/c1-4-23-25(36)8-5-19-9-22(46)10-24(26(19)23)29-28(37)30-27(32(41-29)47-3)31(44-13-20-6-7-21(14-44)40-20)43-33(42-30)48-17-34-11-18(2)12-45(34)16-35(38,39)15-34/h1,5,8-10,20-21,40,46H,2,6-7,11-17H2,3H3. The molecule has 248 valence electrons. The highest BCUT2D eigenvalue weighted by molar-refractivity contribution is 6.04. The van der Waals surface area contributed by atoms with Crippen molar-refractivity contribution in [2.24, 2.45) is 0 Å². The van der Waals surface area contributed by atoms with Crippen LogP contribution in [0.4, 0.5) is 23.4 Å². The number of fused-ring (bicyclic) bond motifs is 5. The number of ether oxygens (including phenoxy) is 2. The summed E-state index contributed by atoms with van der Waals surface area (Å²) in [5.74, 6) is -2.04. The zero-order chi connectivity index (χ0) is 33.5. The van der Waals surface area contributed by atoms with Crippen molar-refractivity contribution in [3.63, 3.8) is 0 Å². The van der Waals surface area contributed by atoms with Crippen molar-refractivity contribution < 1.29 is 32.1 Å². The summed E-state index contributed by atoms with van der Waals surface area (Å²) < 4.78 is 73.1. The summed E-state index contributed by atoms with van der Waals surface area (Å²) in [6.45, 7) is 4.95. The molecule has 4 saturated heterocycles. The molecule has 4 aromatic rings. The van der Waals surface area contributed by atoms with E-state index in [0.717, 1.165) is 18.4 Å². The number of halogens is 4. The Morgan fingerprint density at radius 2 is 1.90 bits per heavy atom. The minimum atomic E-state index is -2.89. The topological polar surface area (TPSA) is 95.9 Å². The van der Waals surface area contributed by atoms with Crippen molar-refractivity contribution in [2.45, 2.75) is 49.2 Å². The summed E-state index contributed by atoms with van der Waals surface area (Å²) in [5.41, 5.74) is -0.737. The summed E-state index contributed by atoms with van der Waals surface area (Å²) in [7, 11) is 1.38. The molecule has 0 saturated carbocycles. The average molecular weight is 661 g/mol. The van der Waals surface area contributed by atoms with Crippen LogP contribution in [-0.4, -0.2) is 88.4 Å². The zero-order valence-electron chi connectivity index (χ0n) is 26.1. The molecule has 3 unspecified atom stereocenters. The first-order valence-corrected chi connectivity index (χ1v) is 15.8. The van der Waals surface area contributed by atoms with E-state index in [4.69, 9.17) is 20.9 Å². The fourth-order valence-corrected chi connectivity index (χ4v) is 8.12. The van der Waals surface area contributed by atoms with Gasteiger partial charge in [-0.05, 0) is 42.8 Å². The third-order valence-electron chi connectivity index (χ3n) is 10.0. The van der Waals surface area contributed by atoms with E-state index in [0.29, 0.717) is 37.3 Å². The Balaban J connectivity index is 1.32. The maximum atomic E-state index is 17.0. The normalized spacial score (nSPS) is 24.8. The first-order chi connectivity index (χ1) is 23.0. The molecule has 2 N–H and O–H groups in total. The van der Waals surface area contributed by atoms with Crippen LogP contribution in [0.1, 0.15) is 31.2 Å². The lowest BCUT2D eigenvalue weighted by Crippen LogP contribution is -2.51. The van der Waals surface area contributed by atoms with Crippen molar-refractivity contribution in [2.75, 3.05) is 44.8 Å². The van der Waals surface area contributed by atoms with Crippen LogP contribution in [0.25, 0.3) is 32.9 Å². The van der Waals surface area contributed by atoms with Crippen LogP contribution in [0.2, 0.25) is 0 Å². The number of methoxy groups -OCH3 is 1. The van der Waals surface area contributed by atoms with E-state index in [9.17, 15) is 18.3 Å². The number of hydrogen-bond donors (Lipinski definition) is 2. The number of anilines is 1. The van der Waals surface area contributed by atoms with Gasteiger partial charge < -0.3 is 24.8 Å². The first-order valence-electron chi connectivity index (χ1n) is 15.8. The average Bonchev–Trinajstić information content (AvgIpc) is 3.63. The van der Waals surface area contributed by atoms with E-state index >= 15 is 4.39 Å². The number of rotatable bonds is 6. The number of hydrogen-bond acceptors (Lipinski definition) is 9. The van der Waals surface area contributed by atoms with Crippen LogP contribution in [0.5, 0.6) is 17.6 Å². The van der Waals surface area contributed by atoms with Gasteiger partial charge >= 0.3 is 6.01 Å². The minimum absolute atomic E-state index is 0.00345. The smallest absolute Gasteiger partial charge is 0.319 e. The molecule has 4 fully saturated rings. The molecule has 48 heavy (non-hydrogen) atoms. The molecule has 9 nitrogen and oxygen atoms in total. The van der Waals surface area contributed by atoms with Gasteiger partial charge in [-0.15, -0.1) is 6.42 Å². The predicted molar refractivity (Wildman–Crippen MR) is 172 cm³/mol. The van der Waals surface area contributed by atoms with E-state index in [2.05, 4.69) is 27.8 Å². The summed E-state index contributed by atoms with van der Waals surface area (Å²) in [6, 6.07) is 5.45.